The molecule has 0 saturated carbocycles. The summed E-state index contributed by atoms with van der Waals surface area (Å²) in [6, 6.07) is 5.06. The highest BCUT2D eigenvalue weighted by Crippen LogP contribution is 2.16. The molecule has 5 heteroatoms. The maximum atomic E-state index is 11.3. The molecular weight excluding hydrogens is 188 g/mol. The molecule has 1 rings (SSSR count). The average Bonchev–Trinajstić information content (AvgIpc) is 2.09. The van der Waals surface area contributed by atoms with Gasteiger partial charge in [0.25, 0.3) is 10.0 Å². The molecule has 0 fully saturated rings. The summed E-state index contributed by atoms with van der Waals surface area (Å²) in [6.45, 7) is 3.60. The molecule has 72 valence electrons. The van der Waals surface area contributed by atoms with Gasteiger partial charge in [0.2, 0.25) is 0 Å². The lowest BCUT2D eigenvalue weighted by atomic mass is 10.1. The highest BCUT2D eigenvalue weighted by atomic mass is 32.2. The number of rotatable bonds is 2. The Morgan fingerprint density at radius 3 is 2.46 bits per heavy atom. The van der Waals surface area contributed by atoms with Gasteiger partial charge in [-0.1, -0.05) is 12.1 Å². The van der Waals surface area contributed by atoms with E-state index in [2.05, 4.69) is 0 Å². The summed E-state index contributed by atoms with van der Waals surface area (Å²) in [5.74, 6) is 4.92. The average molecular weight is 200 g/mol. The van der Waals surface area contributed by atoms with Crippen molar-refractivity contribution >= 4 is 10.0 Å². The van der Waals surface area contributed by atoms with Crippen molar-refractivity contribution in [3.8, 4) is 0 Å². The Labute approximate surface area is 77.8 Å². The number of sulfonamides is 1. The molecule has 1 aromatic carbocycles. The van der Waals surface area contributed by atoms with E-state index in [1.165, 1.54) is 6.07 Å². The van der Waals surface area contributed by atoms with E-state index in [1.807, 2.05) is 13.0 Å². The molecule has 13 heavy (non-hydrogen) atoms. The van der Waals surface area contributed by atoms with Crippen LogP contribution in [0.1, 0.15) is 11.1 Å². The van der Waals surface area contributed by atoms with Crippen LogP contribution in [0.25, 0.3) is 0 Å². The number of hydrazine groups is 1. The molecule has 0 bridgehead atoms. The van der Waals surface area contributed by atoms with Gasteiger partial charge in [-0.2, -0.15) is 4.83 Å². The van der Waals surface area contributed by atoms with Gasteiger partial charge in [-0.15, -0.1) is 0 Å². The first-order chi connectivity index (χ1) is 5.99. The van der Waals surface area contributed by atoms with Crippen LogP contribution in [0.4, 0.5) is 0 Å². The molecule has 0 aliphatic rings. The van der Waals surface area contributed by atoms with Gasteiger partial charge < -0.3 is 0 Å². The summed E-state index contributed by atoms with van der Waals surface area (Å²) in [5.41, 5.74) is 1.65. The number of nitrogens with one attached hydrogen (secondary N) is 1. The number of benzene rings is 1. The van der Waals surface area contributed by atoms with Crippen LogP contribution in [0.2, 0.25) is 0 Å². The fourth-order valence-corrected chi connectivity index (χ4v) is 2.03. The van der Waals surface area contributed by atoms with Gasteiger partial charge in [-0.25, -0.2) is 8.42 Å². The Morgan fingerprint density at radius 2 is 1.92 bits per heavy atom. The Bertz CT molecular complexity index is 412. The number of nitrogens with two attached hydrogens (primary N) is 1. The van der Waals surface area contributed by atoms with Crippen LogP contribution < -0.4 is 10.7 Å². The van der Waals surface area contributed by atoms with Crippen LogP contribution in [0.15, 0.2) is 23.1 Å². The normalized spacial score (nSPS) is 11.6. The Balaban J connectivity index is 3.40. The molecule has 0 saturated heterocycles. The largest absolute Gasteiger partial charge is 0.257 e. The predicted molar refractivity (Wildman–Crippen MR) is 50.4 cm³/mol. The fourth-order valence-electron chi connectivity index (χ4n) is 1.08. The second-order valence-corrected chi connectivity index (χ2v) is 4.50. The van der Waals surface area contributed by atoms with E-state index in [0.717, 1.165) is 11.1 Å². The SMILES string of the molecule is Cc1cccc(S(=O)(=O)NN)c1C. The smallest absolute Gasteiger partial charge is 0.253 e. The summed E-state index contributed by atoms with van der Waals surface area (Å²) < 4.78 is 22.7. The van der Waals surface area contributed by atoms with E-state index in [1.54, 1.807) is 17.8 Å². The molecule has 0 amide bonds. The summed E-state index contributed by atoms with van der Waals surface area (Å²) in [7, 11) is -3.52. The van der Waals surface area contributed by atoms with Gasteiger partial charge in [0.1, 0.15) is 0 Å². The van der Waals surface area contributed by atoms with E-state index in [9.17, 15) is 8.42 Å². The molecule has 0 spiro atoms. The molecule has 0 radical (unpaired) electrons. The molecule has 4 nitrogen and oxygen atoms in total. The molecular formula is C8H12N2O2S. The fraction of sp³-hybridized carbons (Fsp3) is 0.250. The maximum Gasteiger partial charge on any atom is 0.253 e. The lowest BCUT2D eigenvalue weighted by Crippen LogP contribution is -2.30. The molecule has 0 heterocycles. The maximum absolute atomic E-state index is 11.3. The van der Waals surface area contributed by atoms with Crippen molar-refractivity contribution in [3.05, 3.63) is 29.3 Å². The van der Waals surface area contributed by atoms with E-state index in [-0.39, 0.29) is 4.90 Å². The van der Waals surface area contributed by atoms with E-state index < -0.39 is 10.0 Å². The molecule has 3 N–H and O–H groups in total. The van der Waals surface area contributed by atoms with E-state index in [4.69, 9.17) is 5.84 Å². The van der Waals surface area contributed by atoms with Gasteiger partial charge in [-0.05, 0) is 31.0 Å². The second kappa shape index (κ2) is 3.45. The highest BCUT2D eigenvalue weighted by Gasteiger charge is 2.14. The highest BCUT2D eigenvalue weighted by molar-refractivity contribution is 7.89. The number of aryl methyl sites for hydroxylation is 1. The molecule has 0 aromatic heterocycles. The van der Waals surface area contributed by atoms with E-state index in [0.29, 0.717) is 0 Å². The summed E-state index contributed by atoms with van der Waals surface area (Å²) in [6.07, 6.45) is 0. The van der Waals surface area contributed by atoms with Gasteiger partial charge in [0, 0.05) is 0 Å². The number of hydrogen-bond donors (Lipinski definition) is 2. The van der Waals surface area contributed by atoms with Crippen molar-refractivity contribution in [2.45, 2.75) is 18.7 Å². The third kappa shape index (κ3) is 1.88. The van der Waals surface area contributed by atoms with Crippen LogP contribution in [0.5, 0.6) is 0 Å². The van der Waals surface area contributed by atoms with Crippen LogP contribution in [-0.4, -0.2) is 8.42 Å². The predicted octanol–water partition coefficient (Wildman–Crippen LogP) is 0.455. The monoisotopic (exact) mass is 200 g/mol. The van der Waals surface area contributed by atoms with Crippen molar-refractivity contribution in [2.75, 3.05) is 0 Å². The van der Waals surface area contributed by atoms with Crippen LogP contribution in [-0.2, 0) is 10.0 Å². The quantitative estimate of drug-likeness (QED) is 0.538. The van der Waals surface area contributed by atoms with Gasteiger partial charge in [-0.3, -0.25) is 5.84 Å². The summed E-state index contributed by atoms with van der Waals surface area (Å²) in [4.78, 5) is 2.03. The Morgan fingerprint density at radius 1 is 1.31 bits per heavy atom. The van der Waals surface area contributed by atoms with Crippen molar-refractivity contribution in [1.82, 2.24) is 4.83 Å². The first kappa shape index (κ1) is 10.2. The van der Waals surface area contributed by atoms with Gasteiger partial charge in [0.15, 0.2) is 0 Å². The van der Waals surface area contributed by atoms with Crippen LogP contribution in [0, 0.1) is 13.8 Å². The van der Waals surface area contributed by atoms with Crippen molar-refractivity contribution in [2.24, 2.45) is 5.84 Å². The molecule has 0 aliphatic heterocycles. The Kier molecular flexibility index (Phi) is 2.70. The minimum absolute atomic E-state index is 0.231. The lowest BCUT2D eigenvalue weighted by Gasteiger charge is -2.07. The van der Waals surface area contributed by atoms with Crippen LogP contribution >= 0.6 is 0 Å². The molecule has 0 atom stereocenters. The van der Waals surface area contributed by atoms with Crippen molar-refractivity contribution in [1.29, 1.82) is 0 Å². The second-order valence-electron chi connectivity index (χ2n) is 2.82. The van der Waals surface area contributed by atoms with E-state index >= 15 is 0 Å². The first-order valence-corrected chi connectivity index (χ1v) is 5.26. The third-order valence-corrected chi connectivity index (χ3v) is 3.33. The first-order valence-electron chi connectivity index (χ1n) is 3.77. The summed E-state index contributed by atoms with van der Waals surface area (Å²) >= 11 is 0. The summed E-state index contributed by atoms with van der Waals surface area (Å²) in [5, 5.41) is 0. The standard InChI is InChI=1S/C8H12N2O2S/c1-6-4-3-5-8(7(6)2)13(11,12)10-9/h3-5,10H,9H2,1-2H3. The Hall–Kier alpha value is -0.910. The van der Waals surface area contributed by atoms with Gasteiger partial charge >= 0.3 is 0 Å². The zero-order valence-corrected chi connectivity index (χ0v) is 8.35. The lowest BCUT2D eigenvalue weighted by molar-refractivity contribution is 0.583. The van der Waals surface area contributed by atoms with Crippen LogP contribution in [0.3, 0.4) is 0 Å². The third-order valence-electron chi connectivity index (χ3n) is 2.00. The molecule has 0 aliphatic carbocycles. The topological polar surface area (TPSA) is 72.2 Å². The zero-order chi connectivity index (χ0) is 10.1. The zero-order valence-electron chi connectivity index (χ0n) is 7.53. The minimum atomic E-state index is -3.52. The number of hydrogen-bond acceptors (Lipinski definition) is 3. The molecule has 1 aromatic rings. The molecule has 0 unspecified atom stereocenters. The minimum Gasteiger partial charge on any atom is -0.257 e. The van der Waals surface area contributed by atoms with Crippen molar-refractivity contribution < 1.29 is 8.42 Å². The van der Waals surface area contributed by atoms with Gasteiger partial charge in [0.05, 0.1) is 4.90 Å². The van der Waals surface area contributed by atoms with Crippen molar-refractivity contribution in [3.63, 3.8) is 0 Å².